The van der Waals surface area contributed by atoms with E-state index in [9.17, 15) is 83.7 Å². The van der Waals surface area contributed by atoms with Gasteiger partial charge < -0.3 is 122 Å². The highest BCUT2D eigenvalue weighted by molar-refractivity contribution is 5.99. The molecule has 10 amide bonds. The minimum absolute atomic E-state index is 0.0138. The normalized spacial score (nSPS) is 13.8. The Morgan fingerprint density at radius 2 is 0.679 bits per heavy atom. The van der Waals surface area contributed by atoms with E-state index in [0.29, 0.717) is 45.1 Å². The lowest BCUT2D eigenvalue weighted by Gasteiger charge is -2.28. The van der Waals surface area contributed by atoms with Gasteiger partial charge in [0.2, 0.25) is 59.1 Å². The number of nitrogens with one attached hydrogen (secondary N) is 15. The van der Waals surface area contributed by atoms with Crippen molar-refractivity contribution in [3.8, 4) is 23.0 Å². The van der Waals surface area contributed by atoms with E-state index in [-0.39, 0.29) is 113 Å². The van der Waals surface area contributed by atoms with Gasteiger partial charge in [0.1, 0.15) is 83.4 Å². The molecule has 28 N–H and O–H groups in total. The number of phenols is 4. The SMILES string of the molecule is CC(=O)N[C@@H](Cc1ccc(O)cc1)C(=O)N[C@@H](CCCNC(=N)N)C(=O)N[C@@H](CO)C(=O)N[C@@H](CCCNC(=N)N)C(=O)N[C@@H](CCCCN)C(=O)N[C@@H](Cc1ccc(O)cc1)C(=O)N[C@@H](Cc1ccc(O)cc1)C(=O)N[C@@H](CO)C(=O)N[C@@H](Cc1c[nH]c2ccccc12)C(=O)N[C@@H](Cc1ccc(O)cc1)C(=O)O. The number of carboxylic acid groups (broad SMARTS) is 1. The maximum absolute atomic E-state index is 15.0. The maximum Gasteiger partial charge on any atom is 0.326 e. The Morgan fingerprint density at radius 3 is 1.02 bits per heavy atom. The van der Waals surface area contributed by atoms with Crippen molar-refractivity contribution in [3.05, 3.63) is 155 Å². The molecule has 109 heavy (non-hydrogen) atoms. The molecule has 10 atom stereocenters. The van der Waals surface area contributed by atoms with Crippen LogP contribution in [0.5, 0.6) is 23.0 Å². The van der Waals surface area contributed by atoms with Crippen LogP contribution in [0.4, 0.5) is 0 Å². The highest BCUT2D eigenvalue weighted by Gasteiger charge is 2.37. The molecule has 0 spiro atoms. The fourth-order valence-corrected chi connectivity index (χ4v) is 11.5. The number of amides is 10. The number of aromatic hydroxyl groups is 4. The monoisotopic (exact) mass is 1510 g/mol. The number of phenolic OH excluding ortho intramolecular Hbond substituents is 4. The second-order valence-corrected chi connectivity index (χ2v) is 25.8. The quantitative estimate of drug-likeness (QED) is 0.0104. The first-order chi connectivity index (χ1) is 52.0. The summed E-state index contributed by atoms with van der Waals surface area (Å²) in [6.45, 7) is -0.879. The number of aliphatic carboxylic acids is 1. The smallest absolute Gasteiger partial charge is 0.326 e. The van der Waals surface area contributed by atoms with E-state index in [4.69, 9.17) is 28.0 Å². The number of carbonyl (C=O) groups is 11. The van der Waals surface area contributed by atoms with Crippen LogP contribution in [-0.2, 0) is 84.8 Å². The zero-order valence-electron chi connectivity index (χ0n) is 59.8. The van der Waals surface area contributed by atoms with Crippen molar-refractivity contribution in [2.24, 2.45) is 17.2 Å². The zero-order chi connectivity index (χ0) is 79.7. The number of nitrogens with two attached hydrogens (primary N) is 3. The van der Waals surface area contributed by atoms with Gasteiger partial charge in [-0.25, -0.2) is 4.79 Å². The van der Waals surface area contributed by atoms with Gasteiger partial charge in [-0.3, -0.25) is 58.8 Å². The topological polar surface area (TPSA) is 615 Å². The van der Waals surface area contributed by atoms with Crippen molar-refractivity contribution in [1.29, 1.82) is 10.8 Å². The highest BCUT2D eigenvalue weighted by atomic mass is 16.4. The number of rotatable bonds is 44. The number of benzene rings is 5. The van der Waals surface area contributed by atoms with E-state index >= 15 is 4.79 Å². The van der Waals surface area contributed by atoms with Gasteiger partial charge in [0.05, 0.1) is 13.2 Å². The Morgan fingerprint density at radius 1 is 0.385 bits per heavy atom. The van der Waals surface area contributed by atoms with Gasteiger partial charge in [-0.05, 0) is 134 Å². The first kappa shape index (κ1) is 85.4. The first-order valence-corrected chi connectivity index (χ1v) is 35.0. The maximum atomic E-state index is 15.0. The molecule has 0 aliphatic rings. The van der Waals surface area contributed by atoms with Crippen LogP contribution in [0.2, 0.25) is 0 Å². The third kappa shape index (κ3) is 28.7. The summed E-state index contributed by atoms with van der Waals surface area (Å²) in [5.74, 6) is -12.6. The van der Waals surface area contributed by atoms with Crippen LogP contribution < -0.4 is 81.0 Å². The molecule has 0 unspecified atom stereocenters. The van der Waals surface area contributed by atoms with Gasteiger partial charge in [0.15, 0.2) is 11.9 Å². The van der Waals surface area contributed by atoms with Crippen LogP contribution in [0.3, 0.4) is 0 Å². The molecule has 5 aromatic carbocycles. The predicted octanol–water partition coefficient (Wildman–Crippen LogP) is -2.90. The molecule has 0 saturated carbocycles. The lowest BCUT2D eigenvalue weighted by molar-refractivity contribution is -0.142. The summed E-state index contributed by atoms with van der Waals surface area (Å²) in [6.07, 6.45) is 0.286. The van der Waals surface area contributed by atoms with Gasteiger partial charge in [-0.2, -0.15) is 0 Å². The van der Waals surface area contributed by atoms with E-state index in [0.717, 1.165) is 0 Å². The lowest BCUT2D eigenvalue weighted by Crippen LogP contribution is -2.61. The zero-order valence-corrected chi connectivity index (χ0v) is 59.8. The van der Waals surface area contributed by atoms with Crippen molar-refractivity contribution in [1.82, 2.24) is 68.8 Å². The summed E-state index contributed by atoms with van der Waals surface area (Å²) >= 11 is 0. The summed E-state index contributed by atoms with van der Waals surface area (Å²) in [7, 11) is 0. The summed E-state index contributed by atoms with van der Waals surface area (Å²) in [4.78, 5) is 159. The average molecular weight is 1510 g/mol. The van der Waals surface area contributed by atoms with Gasteiger partial charge in [0, 0.05) is 69.2 Å². The molecular formula is C73H96N18O18. The number of aliphatic hydroxyl groups excluding tert-OH is 2. The number of guanidine groups is 2. The lowest BCUT2D eigenvalue weighted by atomic mass is 10.0. The number of fused-ring (bicyclic) bond motifs is 1. The van der Waals surface area contributed by atoms with Crippen LogP contribution in [-0.4, -0.2) is 211 Å². The summed E-state index contributed by atoms with van der Waals surface area (Å²) in [6, 6.07) is 13.2. The van der Waals surface area contributed by atoms with E-state index < -0.39 is 151 Å². The second-order valence-electron chi connectivity index (χ2n) is 25.8. The number of para-hydroxylation sites is 1. The second kappa shape index (κ2) is 43.2. The molecule has 0 radical (unpaired) electrons. The molecule has 0 aliphatic heterocycles. The number of aliphatic hydroxyl groups is 2. The molecule has 1 aromatic heterocycles. The number of aromatic nitrogens is 1. The molecule has 6 rings (SSSR count). The number of carbonyl (C=O) groups excluding carboxylic acids is 10. The Balaban J connectivity index is 1.26. The molecule has 0 saturated heterocycles. The largest absolute Gasteiger partial charge is 0.508 e. The Kier molecular flexibility index (Phi) is 33.8. The average Bonchev–Trinajstić information content (AvgIpc) is 1.71. The summed E-state index contributed by atoms with van der Waals surface area (Å²) in [5, 5.41) is 118. The number of hydrogen-bond acceptors (Lipinski definition) is 20. The molecule has 0 bridgehead atoms. The molecule has 0 fully saturated rings. The Hall–Kier alpha value is -12.6. The van der Waals surface area contributed by atoms with Crippen molar-refractivity contribution in [3.63, 3.8) is 0 Å². The molecule has 1 heterocycles. The van der Waals surface area contributed by atoms with Gasteiger partial charge in [-0.15, -0.1) is 0 Å². The molecule has 36 heteroatoms. The number of hydrogen-bond donors (Lipinski definition) is 25. The molecule has 0 aliphatic carbocycles. The summed E-state index contributed by atoms with van der Waals surface area (Å²) < 4.78 is 0. The van der Waals surface area contributed by atoms with Crippen molar-refractivity contribution in [2.45, 2.75) is 144 Å². The van der Waals surface area contributed by atoms with Gasteiger partial charge >= 0.3 is 5.97 Å². The fraction of sp³-hybridized carbons (Fsp3) is 0.384. The van der Waals surface area contributed by atoms with Crippen LogP contribution >= 0.6 is 0 Å². The highest BCUT2D eigenvalue weighted by Crippen LogP contribution is 2.22. The third-order valence-electron chi connectivity index (χ3n) is 17.3. The van der Waals surface area contributed by atoms with Gasteiger partial charge in [-0.1, -0.05) is 66.7 Å². The molecule has 6 aromatic rings. The number of unbranched alkanes of at least 4 members (excludes halogenated alkanes) is 1. The molecule has 586 valence electrons. The minimum atomic E-state index is -1.87. The first-order valence-electron chi connectivity index (χ1n) is 35.0. The molecular weight excluding hydrogens is 1420 g/mol. The van der Waals surface area contributed by atoms with Crippen LogP contribution in [0.1, 0.15) is 79.7 Å². The molecule has 36 nitrogen and oxygen atoms in total. The van der Waals surface area contributed by atoms with E-state index in [1.165, 1.54) is 104 Å². The Bertz CT molecular complexity index is 4090. The Labute approximate surface area is 626 Å². The number of carboxylic acids is 1. The van der Waals surface area contributed by atoms with Crippen LogP contribution in [0, 0.1) is 10.8 Å². The number of aromatic amines is 1. The van der Waals surface area contributed by atoms with E-state index in [1.807, 2.05) is 0 Å². The van der Waals surface area contributed by atoms with Crippen LogP contribution in [0.25, 0.3) is 10.9 Å². The standard InChI is InChI=1S/C73H96N18O18/c1-40(94)82-55(32-41-13-21-46(95)22-14-41)65(102)84-54(12-7-31-80-73(77)78)64(101)90-60(38-92)69(106)85-53(11-6-30-79-72(75)76)62(99)83-52(10-4-5-29-74)63(100)86-56(33-42-15-23-47(96)24-16-42)66(103)87-57(34-43-17-25-48(97)26-18-43)67(104)91-61(39-93)70(107)88-58(36-45-37-81-51-9-3-2-8-50(45)51)68(105)89-59(71(108)109)35-44-19-27-49(98)28-20-44/h2-3,8-9,13-28,37,52-61,81,92-93,95-98H,4-7,10-12,29-36,38-39,74H2,1H3,(H,82,94)(H,83,99)(H,84,102)(H,85,106)(H,86,100)(H,87,103)(H,88,107)(H,89,105)(H,90,101)(H,91,104)(H,108,109)(H4,75,76,79)(H4,77,78,80)/t52-,53-,54-,55-,56-,57-,58-,59-,60-,61-/m0/s1. The predicted molar refractivity (Wildman–Crippen MR) is 397 cm³/mol. The van der Waals surface area contributed by atoms with Crippen molar-refractivity contribution in [2.75, 3.05) is 32.8 Å². The minimum Gasteiger partial charge on any atom is -0.508 e. The van der Waals surface area contributed by atoms with E-state index in [2.05, 4.69) is 68.8 Å². The van der Waals surface area contributed by atoms with Gasteiger partial charge in [0.25, 0.3) is 0 Å². The van der Waals surface area contributed by atoms with E-state index in [1.54, 1.807) is 30.5 Å². The van der Waals surface area contributed by atoms with Crippen molar-refractivity contribution >= 4 is 87.9 Å². The number of H-pyrrole nitrogens is 1. The third-order valence-corrected chi connectivity index (χ3v) is 17.3. The summed E-state index contributed by atoms with van der Waals surface area (Å²) in [5.41, 5.74) is 19.6. The van der Waals surface area contributed by atoms with Crippen LogP contribution in [0.15, 0.2) is 128 Å². The fourth-order valence-electron chi connectivity index (χ4n) is 11.5. The van der Waals surface area contributed by atoms with Crippen molar-refractivity contribution < 1.29 is 88.5 Å².